The van der Waals surface area contributed by atoms with Crippen LogP contribution in [0.5, 0.6) is 0 Å². The van der Waals surface area contributed by atoms with Crippen molar-refractivity contribution in [1.29, 1.82) is 0 Å². The fourth-order valence-corrected chi connectivity index (χ4v) is 3.72. The molecule has 0 aromatic rings. The lowest BCUT2D eigenvalue weighted by Crippen LogP contribution is -2.61. The standard InChI is InChI=1S/C16H28N2O2/c1-3-7-12(2)11-18-14(19)10-17-16(20)15(18)13-8-5-4-6-9-13/h12-13,15H,3-11H2,1-2H3,(H,17,20). The van der Waals surface area contributed by atoms with Gasteiger partial charge in [0.25, 0.3) is 0 Å². The van der Waals surface area contributed by atoms with Gasteiger partial charge in [-0.2, -0.15) is 0 Å². The summed E-state index contributed by atoms with van der Waals surface area (Å²) < 4.78 is 0. The van der Waals surface area contributed by atoms with Gasteiger partial charge in [-0.3, -0.25) is 9.59 Å². The Morgan fingerprint density at radius 3 is 2.60 bits per heavy atom. The fourth-order valence-electron chi connectivity index (χ4n) is 3.72. The molecule has 0 bridgehead atoms. The molecule has 20 heavy (non-hydrogen) atoms. The van der Waals surface area contributed by atoms with Crippen LogP contribution >= 0.6 is 0 Å². The molecule has 0 radical (unpaired) electrons. The lowest BCUT2D eigenvalue weighted by Gasteiger charge is -2.41. The van der Waals surface area contributed by atoms with Gasteiger partial charge >= 0.3 is 0 Å². The minimum atomic E-state index is -0.212. The number of nitrogens with one attached hydrogen (secondary N) is 1. The van der Waals surface area contributed by atoms with Crippen molar-refractivity contribution in [2.24, 2.45) is 11.8 Å². The van der Waals surface area contributed by atoms with Crippen LogP contribution in [0.1, 0.15) is 58.8 Å². The third kappa shape index (κ3) is 3.53. The summed E-state index contributed by atoms with van der Waals surface area (Å²) in [4.78, 5) is 26.4. The molecule has 2 fully saturated rings. The highest BCUT2D eigenvalue weighted by Gasteiger charge is 2.40. The Morgan fingerprint density at radius 1 is 1.25 bits per heavy atom. The number of rotatable bonds is 5. The van der Waals surface area contributed by atoms with E-state index >= 15 is 0 Å². The highest BCUT2D eigenvalue weighted by molar-refractivity contribution is 5.95. The summed E-state index contributed by atoms with van der Waals surface area (Å²) in [7, 11) is 0. The molecule has 2 amide bonds. The van der Waals surface area contributed by atoms with E-state index in [1.54, 1.807) is 0 Å². The van der Waals surface area contributed by atoms with Crippen LogP contribution in [-0.4, -0.2) is 35.8 Å². The quantitative estimate of drug-likeness (QED) is 0.840. The van der Waals surface area contributed by atoms with Crippen molar-refractivity contribution in [3.63, 3.8) is 0 Å². The van der Waals surface area contributed by atoms with Gasteiger partial charge in [-0.1, -0.05) is 39.5 Å². The molecule has 1 aliphatic carbocycles. The van der Waals surface area contributed by atoms with Gasteiger partial charge in [0, 0.05) is 6.54 Å². The maximum absolute atomic E-state index is 12.3. The van der Waals surface area contributed by atoms with E-state index in [0.717, 1.165) is 32.2 Å². The molecule has 1 N–H and O–H groups in total. The molecule has 1 saturated heterocycles. The summed E-state index contributed by atoms with van der Waals surface area (Å²) >= 11 is 0. The Hall–Kier alpha value is -1.06. The lowest BCUT2D eigenvalue weighted by atomic mass is 9.81. The van der Waals surface area contributed by atoms with Crippen molar-refractivity contribution in [1.82, 2.24) is 10.2 Å². The summed E-state index contributed by atoms with van der Waals surface area (Å²) in [6, 6.07) is -0.212. The van der Waals surface area contributed by atoms with E-state index in [1.807, 2.05) is 4.90 Å². The number of hydrogen-bond donors (Lipinski definition) is 1. The topological polar surface area (TPSA) is 49.4 Å². The van der Waals surface area contributed by atoms with E-state index in [-0.39, 0.29) is 24.4 Å². The number of carbonyl (C=O) groups excluding carboxylic acids is 2. The van der Waals surface area contributed by atoms with Gasteiger partial charge in [-0.15, -0.1) is 0 Å². The number of carbonyl (C=O) groups is 2. The zero-order valence-electron chi connectivity index (χ0n) is 12.9. The molecule has 114 valence electrons. The molecule has 4 nitrogen and oxygen atoms in total. The minimum absolute atomic E-state index is 0.0696. The van der Waals surface area contributed by atoms with Crippen molar-refractivity contribution in [3.05, 3.63) is 0 Å². The Bertz CT molecular complexity index is 350. The molecular formula is C16H28N2O2. The maximum atomic E-state index is 12.3. The van der Waals surface area contributed by atoms with Gasteiger partial charge in [-0.05, 0) is 31.1 Å². The Labute approximate surface area is 122 Å². The molecule has 1 aliphatic heterocycles. The van der Waals surface area contributed by atoms with Crippen molar-refractivity contribution in [3.8, 4) is 0 Å². The molecule has 2 atom stereocenters. The van der Waals surface area contributed by atoms with Crippen LogP contribution in [0.2, 0.25) is 0 Å². The number of nitrogens with zero attached hydrogens (tertiary/aromatic N) is 1. The molecular weight excluding hydrogens is 252 g/mol. The first-order chi connectivity index (χ1) is 9.63. The number of piperazine rings is 1. The predicted molar refractivity (Wildman–Crippen MR) is 79.2 cm³/mol. The second kappa shape index (κ2) is 7.09. The second-order valence-corrected chi connectivity index (χ2v) is 6.50. The summed E-state index contributed by atoms with van der Waals surface area (Å²) in [5.41, 5.74) is 0. The van der Waals surface area contributed by atoms with E-state index in [9.17, 15) is 9.59 Å². The van der Waals surface area contributed by atoms with Gasteiger partial charge in [-0.25, -0.2) is 0 Å². The predicted octanol–water partition coefficient (Wildman–Crippen LogP) is 2.33. The smallest absolute Gasteiger partial charge is 0.243 e. The SMILES string of the molecule is CCCC(C)CN1C(=O)CNC(=O)C1C1CCCCC1. The van der Waals surface area contributed by atoms with Crippen molar-refractivity contribution >= 4 is 11.8 Å². The first-order valence-corrected chi connectivity index (χ1v) is 8.20. The summed E-state index contributed by atoms with van der Waals surface area (Å²) in [6.07, 6.45) is 8.08. The molecule has 0 aromatic carbocycles. The van der Waals surface area contributed by atoms with E-state index in [2.05, 4.69) is 19.2 Å². The van der Waals surface area contributed by atoms with Crippen molar-refractivity contribution in [2.75, 3.05) is 13.1 Å². The van der Waals surface area contributed by atoms with Crippen LogP contribution in [0.4, 0.5) is 0 Å². The van der Waals surface area contributed by atoms with Crippen LogP contribution < -0.4 is 5.32 Å². The van der Waals surface area contributed by atoms with Crippen molar-refractivity contribution < 1.29 is 9.59 Å². The largest absolute Gasteiger partial charge is 0.345 e. The van der Waals surface area contributed by atoms with Gasteiger partial charge in [0.15, 0.2) is 0 Å². The molecule has 2 rings (SSSR count). The highest BCUT2D eigenvalue weighted by atomic mass is 16.2. The van der Waals surface area contributed by atoms with E-state index < -0.39 is 0 Å². The number of hydrogen-bond acceptors (Lipinski definition) is 2. The van der Waals surface area contributed by atoms with Gasteiger partial charge < -0.3 is 10.2 Å². The lowest BCUT2D eigenvalue weighted by molar-refractivity contribution is -0.149. The van der Waals surface area contributed by atoms with E-state index in [1.165, 1.54) is 19.3 Å². The van der Waals surface area contributed by atoms with Crippen molar-refractivity contribution in [2.45, 2.75) is 64.8 Å². The normalized spacial score (nSPS) is 26.5. The van der Waals surface area contributed by atoms with Crippen LogP contribution in [0.3, 0.4) is 0 Å². The van der Waals surface area contributed by atoms with Gasteiger partial charge in [0.05, 0.1) is 6.54 Å². The van der Waals surface area contributed by atoms with E-state index in [4.69, 9.17) is 0 Å². The van der Waals surface area contributed by atoms with Crippen LogP contribution in [0, 0.1) is 11.8 Å². The van der Waals surface area contributed by atoms with E-state index in [0.29, 0.717) is 11.8 Å². The zero-order valence-corrected chi connectivity index (χ0v) is 12.9. The third-order valence-electron chi connectivity index (χ3n) is 4.72. The fraction of sp³-hybridized carbons (Fsp3) is 0.875. The minimum Gasteiger partial charge on any atom is -0.345 e. The monoisotopic (exact) mass is 280 g/mol. The first-order valence-electron chi connectivity index (χ1n) is 8.20. The summed E-state index contributed by atoms with van der Waals surface area (Å²) in [5.74, 6) is 1.01. The molecule has 2 aliphatic rings. The Kier molecular flexibility index (Phi) is 5.44. The van der Waals surface area contributed by atoms with Crippen LogP contribution in [0.15, 0.2) is 0 Å². The molecule has 4 heteroatoms. The summed E-state index contributed by atoms with van der Waals surface area (Å²) in [5, 5.41) is 2.78. The van der Waals surface area contributed by atoms with Gasteiger partial charge in [0.2, 0.25) is 11.8 Å². The average molecular weight is 280 g/mol. The van der Waals surface area contributed by atoms with Crippen LogP contribution in [-0.2, 0) is 9.59 Å². The Balaban J connectivity index is 2.09. The molecule has 2 unspecified atom stereocenters. The maximum Gasteiger partial charge on any atom is 0.243 e. The summed E-state index contributed by atoms with van der Waals surface area (Å²) in [6.45, 7) is 5.27. The first kappa shape index (κ1) is 15.3. The highest BCUT2D eigenvalue weighted by Crippen LogP contribution is 2.31. The second-order valence-electron chi connectivity index (χ2n) is 6.50. The Morgan fingerprint density at radius 2 is 1.95 bits per heavy atom. The average Bonchev–Trinajstić information content (AvgIpc) is 2.44. The zero-order chi connectivity index (χ0) is 14.5. The molecule has 1 heterocycles. The molecule has 1 saturated carbocycles. The number of amides is 2. The van der Waals surface area contributed by atoms with Gasteiger partial charge in [0.1, 0.15) is 6.04 Å². The third-order valence-corrected chi connectivity index (χ3v) is 4.72. The molecule has 0 spiro atoms. The van der Waals surface area contributed by atoms with Crippen LogP contribution in [0.25, 0.3) is 0 Å². The molecule has 0 aromatic heterocycles.